The van der Waals surface area contributed by atoms with E-state index in [0.29, 0.717) is 11.7 Å². The van der Waals surface area contributed by atoms with Crippen LogP contribution in [-0.4, -0.2) is 32.9 Å². The van der Waals surface area contributed by atoms with Crippen molar-refractivity contribution >= 4 is 10.9 Å². The number of hydrogen-bond acceptors (Lipinski definition) is 4. The van der Waals surface area contributed by atoms with Gasteiger partial charge in [-0.15, -0.1) is 0 Å². The van der Waals surface area contributed by atoms with Gasteiger partial charge in [0.1, 0.15) is 5.82 Å². The molecule has 1 fully saturated rings. The number of fused-ring (bicyclic) bond motifs is 1. The number of nitrogens with one attached hydrogen (secondary N) is 1. The maximum Gasteiger partial charge on any atom is 0.251 e. The minimum Gasteiger partial charge on any atom is -0.311 e. The predicted molar refractivity (Wildman–Crippen MR) is 98.6 cm³/mol. The van der Waals surface area contributed by atoms with E-state index in [1.54, 1.807) is 6.07 Å². The normalized spacial score (nSPS) is 18.5. The van der Waals surface area contributed by atoms with Crippen molar-refractivity contribution < 1.29 is 0 Å². The summed E-state index contributed by atoms with van der Waals surface area (Å²) in [7, 11) is 0. The van der Waals surface area contributed by atoms with E-state index < -0.39 is 0 Å². The monoisotopic (exact) mass is 334 g/mol. The van der Waals surface area contributed by atoms with Crippen LogP contribution in [0.4, 0.5) is 0 Å². The van der Waals surface area contributed by atoms with Crippen molar-refractivity contribution in [1.82, 2.24) is 19.9 Å². The molecule has 0 saturated carbocycles. The van der Waals surface area contributed by atoms with Gasteiger partial charge in [0.05, 0.1) is 11.2 Å². The molecule has 5 heteroatoms. The number of hydrogen-bond donors (Lipinski definition) is 1. The van der Waals surface area contributed by atoms with Crippen molar-refractivity contribution in [3.63, 3.8) is 0 Å². The molecule has 0 amide bonds. The van der Waals surface area contributed by atoms with Crippen molar-refractivity contribution in [2.45, 2.75) is 32.2 Å². The summed E-state index contributed by atoms with van der Waals surface area (Å²) in [5.41, 5.74) is 3.21. The summed E-state index contributed by atoms with van der Waals surface area (Å²) in [6.07, 6.45) is 4.10. The molecule has 2 aromatic heterocycles. The molecule has 1 aliphatic rings. The number of H-pyrrole nitrogens is 1. The van der Waals surface area contributed by atoms with Crippen molar-refractivity contribution in [3.8, 4) is 0 Å². The van der Waals surface area contributed by atoms with Crippen LogP contribution in [0, 0.1) is 6.92 Å². The van der Waals surface area contributed by atoms with Gasteiger partial charge in [-0.1, -0.05) is 18.2 Å². The molecule has 0 bridgehead atoms. The first-order valence-corrected chi connectivity index (χ1v) is 8.82. The number of benzene rings is 1. The zero-order valence-electron chi connectivity index (χ0n) is 14.4. The van der Waals surface area contributed by atoms with Crippen LogP contribution in [0.2, 0.25) is 0 Å². The summed E-state index contributed by atoms with van der Waals surface area (Å²) in [4.78, 5) is 26.0. The highest BCUT2D eigenvalue weighted by Gasteiger charge is 2.23. The first-order chi connectivity index (χ1) is 12.2. The number of piperidine rings is 1. The molecule has 1 aliphatic heterocycles. The van der Waals surface area contributed by atoms with Crippen LogP contribution < -0.4 is 5.56 Å². The van der Waals surface area contributed by atoms with Crippen LogP contribution in [0.1, 0.15) is 35.8 Å². The lowest BCUT2D eigenvalue weighted by molar-refractivity contribution is 0.199. The van der Waals surface area contributed by atoms with E-state index in [1.165, 1.54) is 10.9 Å². The number of aryl methyl sites for hydroxylation is 1. The fourth-order valence-corrected chi connectivity index (χ4v) is 3.79. The number of rotatable bonds is 3. The molecule has 128 valence electrons. The Bertz CT molecular complexity index is 944. The zero-order valence-corrected chi connectivity index (χ0v) is 14.4. The van der Waals surface area contributed by atoms with Gasteiger partial charge in [-0.2, -0.15) is 0 Å². The Balaban J connectivity index is 1.56. The molecule has 5 nitrogen and oxygen atoms in total. The maximum atomic E-state index is 11.8. The van der Waals surface area contributed by atoms with Crippen LogP contribution in [0.3, 0.4) is 0 Å². The van der Waals surface area contributed by atoms with E-state index in [4.69, 9.17) is 0 Å². The fraction of sp³-hybridized carbons (Fsp3) is 0.350. The smallest absolute Gasteiger partial charge is 0.251 e. The van der Waals surface area contributed by atoms with E-state index in [0.717, 1.165) is 43.7 Å². The van der Waals surface area contributed by atoms with Crippen LogP contribution in [0.25, 0.3) is 10.9 Å². The molecule has 0 aliphatic carbocycles. The minimum atomic E-state index is -0.0558. The second kappa shape index (κ2) is 6.76. The van der Waals surface area contributed by atoms with Crippen LogP contribution in [0.5, 0.6) is 0 Å². The van der Waals surface area contributed by atoms with E-state index in [9.17, 15) is 4.79 Å². The van der Waals surface area contributed by atoms with Gasteiger partial charge in [-0.3, -0.25) is 14.7 Å². The number of aromatic amines is 1. The second-order valence-electron chi connectivity index (χ2n) is 6.82. The van der Waals surface area contributed by atoms with E-state index in [1.807, 2.05) is 19.2 Å². The third-order valence-corrected chi connectivity index (χ3v) is 4.94. The highest BCUT2D eigenvalue weighted by molar-refractivity contribution is 5.81. The highest BCUT2D eigenvalue weighted by Crippen LogP contribution is 2.27. The summed E-state index contributed by atoms with van der Waals surface area (Å²) < 4.78 is 0. The molecule has 1 aromatic carbocycles. The summed E-state index contributed by atoms with van der Waals surface area (Å²) >= 11 is 0. The summed E-state index contributed by atoms with van der Waals surface area (Å²) in [6, 6.07) is 12.1. The van der Waals surface area contributed by atoms with Gasteiger partial charge in [0, 0.05) is 36.7 Å². The third kappa shape index (κ3) is 3.46. The van der Waals surface area contributed by atoms with E-state index >= 15 is 0 Å². The molecule has 0 unspecified atom stereocenters. The first kappa shape index (κ1) is 16.0. The van der Waals surface area contributed by atoms with Crippen molar-refractivity contribution in [1.29, 1.82) is 0 Å². The largest absolute Gasteiger partial charge is 0.311 e. The van der Waals surface area contributed by atoms with Crippen molar-refractivity contribution in [2.75, 3.05) is 13.1 Å². The molecule has 1 atom stereocenters. The lowest BCUT2D eigenvalue weighted by Gasteiger charge is -2.32. The molecular weight excluding hydrogens is 312 g/mol. The SMILES string of the molecule is Cc1nc([C@@H]2CCCN(Cc3ccnc4ccccc34)C2)cc(=O)[nH]1. The van der Waals surface area contributed by atoms with Gasteiger partial charge in [0.15, 0.2) is 0 Å². The number of nitrogens with zero attached hydrogens (tertiary/aromatic N) is 3. The molecule has 0 spiro atoms. The molecule has 4 rings (SSSR count). The topological polar surface area (TPSA) is 61.9 Å². The van der Waals surface area contributed by atoms with Crippen molar-refractivity contribution in [2.24, 2.45) is 0 Å². The lowest BCUT2D eigenvalue weighted by Crippen LogP contribution is -2.34. The van der Waals surface area contributed by atoms with Crippen LogP contribution >= 0.6 is 0 Å². The zero-order chi connectivity index (χ0) is 17.2. The number of likely N-dealkylation sites (tertiary alicyclic amines) is 1. The quantitative estimate of drug-likeness (QED) is 0.800. The summed E-state index contributed by atoms with van der Waals surface area (Å²) in [5, 5.41) is 1.22. The van der Waals surface area contributed by atoms with Gasteiger partial charge in [0.2, 0.25) is 0 Å². The third-order valence-electron chi connectivity index (χ3n) is 4.94. The molecule has 25 heavy (non-hydrogen) atoms. The average Bonchev–Trinajstić information content (AvgIpc) is 2.61. The Hall–Kier alpha value is -2.53. The lowest BCUT2D eigenvalue weighted by atomic mass is 9.94. The van der Waals surface area contributed by atoms with Gasteiger partial charge < -0.3 is 4.98 Å². The van der Waals surface area contributed by atoms with E-state index in [2.05, 4.69) is 44.1 Å². The Kier molecular flexibility index (Phi) is 4.32. The second-order valence-corrected chi connectivity index (χ2v) is 6.82. The number of pyridine rings is 1. The van der Waals surface area contributed by atoms with Crippen LogP contribution in [-0.2, 0) is 6.54 Å². The Morgan fingerprint density at radius 2 is 2.16 bits per heavy atom. The Morgan fingerprint density at radius 3 is 3.04 bits per heavy atom. The Morgan fingerprint density at radius 1 is 1.28 bits per heavy atom. The minimum absolute atomic E-state index is 0.0558. The molecule has 0 radical (unpaired) electrons. The van der Waals surface area contributed by atoms with Crippen LogP contribution in [0.15, 0.2) is 47.4 Å². The molecule has 3 heterocycles. The Labute approximate surface area is 146 Å². The van der Waals surface area contributed by atoms with Gasteiger partial charge >= 0.3 is 0 Å². The van der Waals surface area contributed by atoms with Gasteiger partial charge in [-0.25, -0.2) is 4.98 Å². The molecule has 3 aromatic rings. The summed E-state index contributed by atoms with van der Waals surface area (Å²) in [6.45, 7) is 4.76. The fourth-order valence-electron chi connectivity index (χ4n) is 3.79. The predicted octanol–water partition coefficient (Wildman–Crippen LogP) is 3.01. The highest BCUT2D eigenvalue weighted by atomic mass is 16.1. The standard InChI is InChI=1S/C20H22N4O/c1-14-22-19(11-20(25)23-14)16-5-4-10-24(13-16)12-15-8-9-21-18-7-3-2-6-17(15)18/h2-3,6-9,11,16H,4-5,10,12-13H2,1H3,(H,22,23,25)/t16-/m1/s1. The molecule has 1 saturated heterocycles. The molecule has 1 N–H and O–H groups in total. The maximum absolute atomic E-state index is 11.8. The summed E-state index contributed by atoms with van der Waals surface area (Å²) in [5.74, 6) is 1.02. The first-order valence-electron chi connectivity index (χ1n) is 8.82. The van der Waals surface area contributed by atoms with Gasteiger partial charge in [0.25, 0.3) is 5.56 Å². The van der Waals surface area contributed by atoms with Gasteiger partial charge in [-0.05, 0) is 44.0 Å². The average molecular weight is 334 g/mol. The van der Waals surface area contributed by atoms with E-state index in [-0.39, 0.29) is 5.56 Å². The number of para-hydroxylation sites is 1. The number of aromatic nitrogens is 3. The molecular formula is C20H22N4O. The van der Waals surface area contributed by atoms with Crippen molar-refractivity contribution in [3.05, 3.63) is 70.0 Å².